The number of hydrogen-bond acceptors (Lipinski definition) is 3. The van der Waals surface area contributed by atoms with Gasteiger partial charge in [0.1, 0.15) is 0 Å². The van der Waals surface area contributed by atoms with E-state index in [0.29, 0.717) is 18.6 Å². The number of rotatable bonds is 6. The van der Waals surface area contributed by atoms with Crippen LogP contribution in [0.25, 0.3) is 0 Å². The number of methoxy groups -OCH3 is 1. The molecule has 4 heteroatoms. The fourth-order valence-electron chi connectivity index (χ4n) is 4.57. The number of piperidine rings is 1. The van der Waals surface area contributed by atoms with Gasteiger partial charge in [0.15, 0.2) is 11.5 Å². The summed E-state index contributed by atoms with van der Waals surface area (Å²) in [6, 6.07) is 14.7. The highest BCUT2D eigenvalue weighted by Crippen LogP contribution is 2.37. The second-order valence-electron chi connectivity index (χ2n) is 8.50. The van der Waals surface area contributed by atoms with Gasteiger partial charge in [-0.3, -0.25) is 4.79 Å². The minimum Gasteiger partial charge on any atom is -0.493 e. The van der Waals surface area contributed by atoms with Crippen molar-refractivity contribution in [2.24, 2.45) is 5.92 Å². The molecule has 1 aliphatic heterocycles. The summed E-state index contributed by atoms with van der Waals surface area (Å²) in [7, 11) is 1.69. The number of hydrogen-bond donors (Lipinski definition) is 1. The summed E-state index contributed by atoms with van der Waals surface area (Å²) in [6.07, 6.45) is 6.64. The largest absolute Gasteiger partial charge is 0.493 e. The summed E-state index contributed by atoms with van der Waals surface area (Å²) < 4.78 is 11.8. The first-order chi connectivity index (χ1) is 14.1. The third-order valence-corrected chi connectivity index (χ3v) is 6.32. The van der Waals surface area contributed by atoms with Gasteiger partial charge in [-0.2, -0.15) is 0 Å². The average molecular weight is 394 g/mol. The Hall–Kier alpha value is -2.49. The fraction of sp³-hybridized carbons (Fsp3) is 0.480. The van der Waals surface area contributed by atoms with Gasteiger partial charge in [0.25, 0.3) is 0 Å². The standard InChI is InChI=1S/C25H31NO3/c1-17-7-9-18(10-8-17)13-20-14-21(16-26-25(20)27)19-11-12-23(28-2)24(15-19)29-22-5-3-4-6-22/h7-12,15,20-22H,3-6,13-14,16H2,1-2H3,(H,26,27)/t20-,21-/m1/s1. The molecule has 0 radical (unpaired) electrons. The molecule has 2 aromatic carbocycles. The van der Waals surface area contributed by atoms with E-state index < -0.39 is 0 Å². The predicted molar refractivity (Wildman–Crippen MR) is 115 cm³/mol. The lowest BCUT2D eigenvalue weighted by molar-refractivity contribution is -0.126. The molecule has 2 fully saturated rings. The normalized spacial score (nSPS) is 22.3. The Bertz CT molecular complexity index is 840. The van der Waals surface area contributed by atoms with E-state index in [1.807, 2.05) is 6.07 Å². The van der Waals surface area contributed by atoms with E-state index in [2.05, 4.69) is 48.6 Å². The number of nitrogens with one attached hydrogen (secondary N) is 1. The second-order valence-corrected chi connectivity index (χ2v) is 8.50. The highest BCUT2D eigenvalue weighted by Gasteiger charge is 2.30. The Morgan fingerprint density at radius 2 is 1.79 bits per heavy atom. The molecule has 4 rings (SSSR count). The van der Waals surface area contributed by atoms with Crippen molar-refractivity contribution in [1.82, 2.24) is 5.32 Å². The van der Waals surface area contributed by atoms with Gasteiger partial charge in [0.2, 0.25) is 5.91 Å². The molecule has 1 amide bonds. The van der Waals surface area contributed by atoms with Crippen LogP contribution in [0.1, 0.15) is 54.7 Å². The SMILES string of the molecule is COc1ccc([C@H]2CNC(=O)[C@H](Cc3ccc(C)cc3)C2)cc1OC1CCCC1. The quantitative estimate of drug-likeness (QED) is 0.768. The zero-order valence-corrected chi connectivity index (χ0v) is 17.4. The Labute approximate surface area is 173 Å². The summed E-state index contributed by atoms with van der Waals surface area (Å²) in [5.41, 5.74) is 3.68. The van der Waals surface area contributed by atoms with Crippen LogP contribution in [0.3, 0.4) is 0 Å². The highest BCUT2D eigenvalue weighted by atomic mass is 16.5. The molecule has 0 aromatic heterocycles. The number of carbonyl (C=O) groups excluding carboxylic acids is 1. The first-order valence-electron chi connectivity index (χ1n) is 10.8. The van der Waals surface area contributed by atoms with Crippen molar-refractivity contribution < 1.29 is 14.3 Å². The summed E-state index contributed by atoms with van der Waals surface area (Å²) in [6.45, 7) is 2.76. The van der Waals surface area contributed by atoms with E-state index in [0.717, 1.165) is 37.2 Å². The van der Waals surface area contributed by atoms with Crippen molar-refractivity contribution >= 4 is 5.91 Å². The molecular formula is C25H31NO3. The Balaban J connectivity index is 1.49. The maximum absolute atomic E-state index is 12.5. The number of aryl methyl sites for hydroxylation is 1. The van der Waals surface area contributed by atoms with E-state index in [-0.39, 0.29) is 11.8 Å². The second kappa shape index (κ2) is 8.89. The van der Waals surface area contributed by atoms with Gasteiger partial charge >= 0.3 is 0 Å². The van der Waals surface area contributed by atoms with Gasteiger partial charge in [0.05, 0.1) is 13.2 Å². The highest BCUT2D eigenvalue weighted by molar-refractivity contribution is 5.80. The molecule has 0 spiro atoms. The van der Waals surface area contributed by atoms with Crippen molar-refractivity contribution in [3.8, 4) is 11.5 Å². The van der Waals surface area contributed by atoms with E-state index in [1.54, 1.807) is 7.11 Å². The van der Waals surface area contributed by atoms with Gasteiger partial charge in [-0.05, 0) is 68.7 Å². The molecule has 1 N–H and O–H groups in total. The van der Waals surface area contributed by atoms with Crippen molar-refractivity contribution in [3.05, 3.63) is 59.2 Å². The molecule has 1 saturated carbocycles. The molecule has 2 atom stereocenters. The van der Waals surface area contributed by atoms with Crippen LogP contribution in [-0.2, 0) is 11.2 Å². The van der Waals surface area contributed by atoms with Gasteiger partial charge < -0.3 is 14.8 Å². The number of carbonyl (C=O) groups is 1. The molecule has 29 heavy (non-hydrogen) atoms. The maximum atomic E-state index is 12.5. The molecule has 1 heterocycles. The number of benzene rings is 2. The third kappa shape index (κ3) is 4.75. The fourth-order valence-corrected chi connectivity index (χ4v) is 4.57. The number of ether oxygens (including phenoxy) is 2. The van der Waals surface area contributed by atoms with E-state index in [9.17, 15) is 4.79 Å². The van der Waals surface area contributed by atoms with Gasteiger partial charge in [0, 0.05) is 18.4 Å². The van der Waals surface area contributed by atoms with Gasteiger partial charge in [-0.25, -0.2) is 0 Å². The van der Waals surface area contributed by atoms with E-state index in [4.69, 9.17) is 9.47 Å². The number of amides is 1. The minimum absolute atomic E-state index is 0.00208. The van der Waals surface area contributed by atoms with Crippen molar-refractivity contribution in [2.75, 3.05) is 13.7 Å². The summed E-state index contributed by atoms with van der Waals surface area (Å²) in [5.74, 6) is 2.08. The monoisotopic (exact) mass is 393 g/mol. The lowest BCUT2D eigenvalue weighted by Crippen LogP contribution is -2.41. The average Bonchev–Trinajstić information content (AvgIpc) is 3.24. The van der Waals surface area contributed by atoms with Crippen molar-refractivity contribution in [2.45, 2.75) is 57.5 Å². The van der Waals surface area contributed by atoms with Crippen LogP contribution in [0.2, 0.25) is 0 Å². The molecule has 1 aliphatic carbocycles. The molecular weight excluding hydrogens is 362 g/mol. The zero-order chi connectivity index (χ0) is 20.2. The lowest BCUT2D eigenvalue weighted by Gasteiger charge is -2.30. The molecule has 1 saturated heterocycles. The zero-order valence-electron chi connectivity index (χ0n) is 17.4. The Morgan fingerprint density at radius 3 is 2.52 bits per heavy atom. The first kappa shape index (κ1) is 19.8. The van der Waals surface area contributed by atoms with Gasteiger partial charge in [-0.1, -0.05) is 35.9 Å². The Morgan fingerprint density at radius 1 is 1.03 bits per heavy atom. The molecule has 0 bridgehead atoms. The summed E-state index contributed by atoms with van der Waals surface area (Å²) in [4.78, 5) is 12.5. The molecule has 2 aliphatic rings. The summed E-state index contributed by atoms with van der Waals surface area (Å²) >= 11 is 0. The molecule has 2 aromatic rings. The van der Waals surface area contributed by atoms with Crippen LogP contribution in [0.15, 0.2) is 42.5 Å². The Kier molecular flexibility index (Phi) is 6.08. The van der Waals surface area contributed by atoms with Crippen LogP contribution in [0.5, 0.6) is 11.5 Å². The minimum atomic E-state index is -0.00208. The molecule has 0 unspecified atom stereocenters. The molecule has 154 valence electrons. The van der Waals surface area contributed by atoms with Crippen molar-refractivity contribution in [3.63, 3.8) is 0 Å². The van der Waals surface area contributed by atoms with Gasteiger partial charge in [-0.15, -0.1) is 0 Å². The van der Waals surface area contributed by atoms with E-state index in [1.165, 1.54) is 29.5 Å². The van der Waals surface area contributed by atoms with E-state index >= 15 is 0 Å². The van der Waals surface area contributed by atoms with Crippen LogP contribution in [-0.4, -0.2) is 25.7 Å². The maximum Gasteiger partial charge on any atom is 0.223 e. The first-order valence-corrected chi connectivity index (χ1v) is 10.8. The lowest BCUT2D eigenvalue weighted by atomic mass is 9.82. The van der Waals surface area contributed by atoms with Crippen LogP contribution >= 0.6 is 0 Å². The van der Waals surface area contributed by atoms with Crippen LogP contribution < -0.4 is 14.8 Å². The van der Waals surface area contributed by atoms with Crippen LogP contribution in [0, 0.1) is 12.8 Å². The summed E-state index contributed by atoms with van der Waals surface area (Å²) in [5, 5.41) is 3.12. The smallest absolute Gasteiger partial charge is 0.223 e. The topological polar surface area (TPSA) is 47.6 Å². The molecule has 4 nitrogen and oxygen atoms in total. The predicted octanol–water partition coefficient (Wildman–Crippen LogP) is 4.79. The van der Waals surface area contributed by atoms with Crippen LogP contribution in [0.4, 0.5) is 0 Å². The van der Waals surface area contributed by atoms with Crippen molar-refractivity contribution in [1.29, 1.82) is 0 Å². The third-order valence-electron chi connectivity index (χ3n) is 6.32.